The highest BCUT2D eigenvalue weighted by atomic mass is 32.1. The Labute approximate surface area is 133 Å². The molecule has 1 aromatic carbocycles. The Balaban J connectivity index is 1.82. The van der Waals surface area contributed by atoms with Crippen LogP contribution in [0.15, 0.2) is 48.1 Å². The van der Waals surface area contributed by atoms with Gasteiger partial charge in [0.05, 0.1) is 16.9 Å². The van der Waals surface area contributed by atoms with Gasteiger partial charge in [-0.15, -0.1) is 11.3 Å². The van der Waals surface area contributed by atoms with Crippen molar-refractivity contribution in [2.45, 2.75) is 6.18 Å². The van der Waals surface area contributed by atoms with Crippen molar-refractivity contribution >= 4 is 27.8 Å². The van der Waals surface area contributed by atoms with E-state index in [0.29, 0.717) is 22.2 Å². The van der Waals surface area contributed by atoms with Gasteiger partial charge < -0.3 is 11.1 Å². The molecule has 3 rings (SSSR count). The molecule has 0 saturated heterocycles. The molecule has 23 heavy (non-hydrogen) atoms. The first-order chi connectivity index (χ1) is 10.9. The fourth-order valence-corrected chi connectivity index (χ4v) is 2.70. The van der Waals surface area contributed by atoms with Gasteiger partial charge in [0, 0.05) is 29.0 Å². The number of rotatable bonds is 3. The molecule has 0 unspecified atom stereocenters. The highest BCUT2D eigenvalue weighted by Crippen LogP contribution is 2.32. The maximum atomic E-state index is 12.7. The molecule has 0 aliphatic heterocycles. The zero-order valence-corrected chi connectivity index (χ0v) is 12.4. The number of nitrogens with one attached hydrogen (secondary N) is 1. The minimum absolute atomic E-state index is 0.325. The van der Waals surface area contributed by atoms with E-state index in [4.69, 9.17) is 5.73 Å². The van der Waals surface area contributed by atoms with Crippen molar-refractivity contribution < 1.29 is 13.2 Å². The first kappa shape index (κ1) is 15.3. The van der Waals surface area contributed by atoms with Gasteiger partial charge in [0.25, 0.3) is 0 Å². The summed E-state index contributed by atoms with van der Waals surface area (Å²) in [5, 5.41) is 5.15. The van der Waals surface area contributed by atoms with Crippen molar-refractivity contribution in [3.63, 3.8) is 0 Å². The van der Waals surface area contributed by atoms with E-state index in [-0.39, 0.29) is 0 Å². The van der Waals surface area contributed by atoms with Crippen molar-refractivity contribution in [1.82, 2.24) is 9.97 Å². The van der Waals surface area contributed by atoms with Gasteiger partial charge >= 0.3 is 6.18 Å². The van der Waals surface area contributed by atoms with Crippen molar-refractivity contribution in [1.29, 1.82) is 0 Å². The second-order valence-corrected chi connectivity index (χ2v) is 5.61. The standard InChI is InChI=1S/C15H11F3N4S/c16-15(17,18)10-2-1-3-12(5-10)21-14-22-13(8-23-14)9-4-11(19)7-20-6-9/h1-8H,19H2,(H,21,22). The van der Waals surface area contributed by atoms with E-state index in [9.17, 15) is 13.2 Å². The zero-order valence-electron chi connectivity index (χ0n) is 11.6. The molecule has 0 atom stereocenters. The van der Waals surface area contributed by atoms with E-state index in [2.05, 4.69) is 15.3 Å². The van der Waals surface area contributed by atoms with Crippen LogP contribution in [0.2, 0.25) is 0 Å². The van der Waals surface area contributed by atoms with Crippen molar-refractivity contribution in [2.75, 3.05) is 11.1 Å². The monoisotopic (exact) mass is 336 g/mol. The Bertz CT molecular complexity index is 829. The van der Waals surface area contributed by atoms with E-state index >= 15 is 0 Å². The van der Waals surface area contributed by atoms with Gasteiger partial charge in [-0.25, -0.2) is 4.98 Å². The predicted molar refractivity (Wildman–Crippen MR) is 84.5 cm³/mol. The molecular formula is C15H11F3N4S. The smallest absolute Gasteiger partial charge is 0.397 e. The van der Waals surface area contributed by atoms with Crippen LogP contribution in [0.4, 0.5) is 29.7 Å². The van der Waals surface area contributed by atoms with Gasteiger partial charge in [-0.05, 0) is 24.3 Å². The van der Waals surface area contributed by atoms with Gasteiger partial charge in [-0.1, -0.05) is 6.07 Å². The molecule has 0 radical (unpaired) electrons. The third-order valence-electron chi connectivity index (χ3n) is 3.00. The summed E-state index contributed by atoms with van der Waals surface area (Å²) in [6.45, 7) is 0. The van der Waals surface area contributed by atoms with Crippen LogP contribution in [0.1, 0.15) is 5.56 Å². The summed E-state index contributed by atoms with van der Waals surface area (Å²) >= 11 is 1.29. The number of pyridine rings is 1. The fourth-order valence-electron chi connectivity index (χ4n) is 1.96. The second kappa shape index (κ2) is 5.88. The number of nitrogen functional groups attached to an aromatic ring is 1. The van der Waals surface area contributed by atoms with E-state index in [1.54, 1.807) is 23.7 Å². The first-order valence-corrected chi connectivity index (χ1v) is 7.40. The molecule has 0 bridgehead atoms. The Kier molecular flexibility index (Phi) is 3.91. The summed E-state index contributed by atoms with van der Waals surface area (Å²) in [5.74, 6) is 0. The van der Waals surface area contributed by atoms with Gasteiger partial charge in [0.1, 0.15) is 0 Å². The largest absolute Gasteiger partial charge is 0.416 e. The van der Waals surface area contributed by atoms with Crippen molar-refractivity contribution in [3.8, 4) is 11.3 Å². The highest BCUT2D eigenvalue weighted by Gasteiger charge is 2.30. The summed E-state index contributed by atoms with van der Waals surface area (Å²) in [4.78, 5) is 8.33. The molecule has 0 aliphatic carbocycles. The van der Waals surface area contributed by atoms with Gasteiger partial charge in [-0.2, -0.15) is 13.2 Å². The van der Waals surface area contributed by atoms with Crippen LogP contribution in [-0.2, 0) is 6.18 Å². The molecule has 8 heteroatoms. The Morgan fingerprint density at radius 1 is 1.13 bits per heavy atom. The van der Waals surface area contributed by atoms with Crippen molar-refractivity contribution in [3.05, 3.63) is 53.7 Å². The number of hydrogen-bond donors (Lipinski definition) is 2. The summed E-state index contributed by atoms with van der Waals surface area (Å²) in [6, 6.07) is 6.70. The van der Waals surface area contributed by atoms with Crippen LogP contribution in [0.3, 0.4) is 0 Å². The third kappa shape index (κ3) is 3.59. The van der Waals surface area contributed by atoms with Crippen LogP contribution in [0.5, 0.6) is 0 Å². The highest BCUT2D eigenvalue weighted by molar-refractivity contribution is 7.14. The normalized spacial score (nSPS) is 11.4. The average molecular weight is 336 g/mol. The Morgan fingerprint density at radius 2 is 1.96 bits per heavy atom. The lowest BCUT2D eigenvalue weighted by Gasteiger charge is -2.08. The zero-order chi connectivity index (χ0) is 16.4. The van der Waals surface area contributed by atoms with Crippen molar-refractivity contribution in [2.24, 2.45) is 0 Å². The Hall–Kier alpha value is -2.61. The maximum absolute atomic E-state index is 12.7. The van der Waals surface area contributed by atoms with Gasteiger partial charge in [0.2, 0.25) is 0 Å². The van der Waals surface area contributed by atoms with Crippen LogP contribution in [0, 0.1) is 0 Å². The fraction of sp³-hybridized carbons (Fsp3) is 0.0667. The number of aromatic nitrogens is 2. The number of anilines is 3. The summed E-state index contributed by atoms with van der Waals surface area (Å²) in [5.41, 5.74) is 7.21. The molecule has 0 spiro atoms. The minimum Gasteiger partial charge on any atom is -0.397 e. The van der Waals surface area contributed by atoms with Gasteiger partial charge in [0.15, 0.2) is 5.13 Å². The van der Waals surface area contributed by atoms with E-state index < -0.39 is 11.7 Å². The summed E-state index contributed by atoms with van der Waals surface area (Å²) in [6.07, 6.45) is -1.23. The summed E-state index contributed by atoms with van der Waals surface area (Å²) in [7, 11) is 0. The average Bonchev–Trinajstić information content (AvgIpc) is 2.95. The number of benzene rings is 1. The molecule has 0 amide bonds. The molecule has 118 valence electrons. The van der Waals surface area contributed by atoms with Crippen LogP contribution >= 0.6 is 11.3 Å². The lowest BCUT2D eigenvalue weighted by molar-refractivity contribution is -0.137. The molecule has 2 heterocycles. The maximum Gasteiger partial charge on any atom is 0.416 e. The molecule has 3 aromatic rings. The third-order valence-corrected chi connectivity index (χ3v) is 3.76. The predicted octanol–water partition coefficient (Wildman–Crippen LogP) is 4.55. The molecule has 0 saturated carbocycles. The first-order valence-electron chi connectivity index (χ1n) is 6.52. The minimum atomic E-state index is -4.38. The molecule has 0 aliphatic rings. The number of nitrogens with zero attached hydrogens (tertiary/aromatic N) is 2. The topological polar surface area (TPSA) is 63.8 Å². The lowest BCUT2D eigenvalue weighted by Crippen LogP contribution is -2.05. The SMILES string of the molecule is Nc1cncc(-c2csc(Nc3cccc(C(F)(F)F)c3)n2)c1. The molecular weight excluding hydrogens is 325 g/mol. The van der Waals surface area contributed by atoms with E-state index in [1.165, 1.54) is 23.6 Å². The molecule has 2 aromatic heterocycles. The Morgan fingerprint density at radius 3 is 2.70 bits per heavy atom. The number of halogens is 3. The number of thiazole rings is 1. The quantitative estimate of drug-likeness (QED) is 0.736. The number of nitrogens with two attached hydrogens (primary N) is 1. The number of hydrogen-bond acceptors (Lipinski definition) is 5. The molecule has 0 fully saturated rings. The van der Waals surface area contributed by atoms with Crippen LogP contribution in [0.25, 0.3) is 11.3 Å². The van der Waals surface area contributed by atoms with E-state index in [1.807, 2.05) is 0 Å². The second-order valence-electron chi connectivity index (χ2n) is 4.75. The summed E-state index contributed by atoms with van der Waals surface area (Å²) < 4.78 is 38.1. The lowest BCUT2D eigenvalue weighted by atomic mass is 10.2. The van der Waals surface area contributed by atoms with Crippen LogP contribution in [-0.4, -0.2) is 9.97 Å². The molecule has 4 nitrogen and oxygen atoms in total. The van der Waals surface area contributed by atoms with E-state index in [0.717, 1.165) is 17.7 Å². The molecule has 3 N–H and O–H groups in total. The van der Waals surface area contributed by atoms with Gasteiger partial charge in [-0.3, -0.25) is 4.98 Å². The van der Waals surface area contributed by atoms with Crippen LogP contribution < -0.4 is 11.1 Å². The number of alkyl halides is 3.